The number of hydrogen-bond donors (Lipinski definition) is 0. The van der Waals surface area contributed by atoms with Gasteiger partial charge in [-0.25, -0.2) is 0 Å². The summed E-state index contributed by atoms with van der Waals surface area (Å²) in [6.45, 7) is 4.20. The molecule has 0 saturated heterocycles. The minimum absolute atomic E-state index is 0.309. The van der Waals surface area contributed by atoms with E-state index in [-0.39, 0.29) is 0 Å². The third kappa shape index (κ3) is 2.51. The van der Waals surface area contributed by atoms with Crippen LogP contribution in [-0.4, -0.2) is 7.11 Å². The van der Waals surface area contributed by atoms with Crippen LogP contribution in [0.3, 0.4) is 0 Å². The number of rotatable bonds is 3. The molecule has 0 bridgehead atoms. The van der Waals surface area contributed by atoms with Gasteiger partial charge < -0.3 is 4.74 Å². The van der Waals surface area contributed by atoms with Crippen molar-refractivity contribution < 1.29 is 4.74 Å². The number of hydrogen-bond acceptors (Lipinski definition) is 1. The van der Waals surface area contributed by atoms with Crippen molar-refractivity contribution in [1.29, 1.82) is 0 Å². The van der Waals surface area contributed by atoms with E-state index in [1.165, 1.54) is 11.1 Å². The molecule has 0 aromatic heterocycles. The van der Waals surface area contributed by atoms with Crippen molar-refractivity contribution >= 4 is 31.9 Å². The van der Waals surface area contributed by atoms with Crippen molar-refractivity contribution in [3.05, 3.63) is 29.3 Å². The number of ether oxygens (including phenoxy) is 1. The van der Waals surface area contributed by atoms with Gasteiger partial charge in [-0.05, 0) is 13.8 Å². The molecule has 0 heterocycles. The van der Waals surface area contributed by atoms with E-state index in [0.29, 0.717) is 9.65 Å². The lowest BCUT2D eigenvalue weighted by molar-refractivity contribution is 0.405. The molecule has 0 aliphatic heterocycles. The van der Waals surface area contributed by atoms with E-state index < -0.39 is 0 Å². The van der Waals surface area contributed by atoms with Crippen LogP contribution < -0.4 is 4.74 Å². The lowest BCUT2D eigenvalue weighted by Crippen LogP contribution is -1.97. The summed E-state index contributed by atoms with van der Waals surface area (Å²) in [7, 11) is 1.72. The minimum atomic E-state index is 0.309. The molecule has 1 aromatic carbocycles. The van der Waals surface area contributed by atoms with Gasteiger partial charge in [0, 0.05) is 20.8 Å². The summed E-state index contributed by atoms with van der Waals surface area (Å²) in [5.74, 6) is 0.973. The molecular formula is C11H14Br2O. The normalized spacial score (nSPS) is 14.9. The summed E-state index contributed by atoms with van der Waals surface area (Å²) >= 11 is 7.12. The maximum atomic E-state index is 5.44. The highest BCUT2D eigenvalue weighted by atomic mass is 79.9. The zero-order chi connectivity index (χ0) is 10.7. The number of methoxy groups -OCH3 is 1. The van der Waals surface area contributed by atoms with Crippen LogP contribution in [0.2, 0.25) is 0 Å². The Kier molecular flexibility index (Phi) is 4.45. The number of benzene rings is 1. The highest BCUT2D eigenvalue weighted by Crippen LogP contribution is 2.38. The van der Waals surface area contributed by atoms with E-state index in [1.54, 1.807) is 7.11 Å². The van der Waals surface area contributed by atoms with Crippen molar-refractivity contribution in [3.8, 4) is 5.75 Å². The number of alkyl halides is 2. The van der Waals surface area contributed by atoms with Gasteiger partial charge in [-0.15, -0.1) is 0 Å². The predicted molar refractivity (Wildman–Crippen MR) is 67.7 cm³/mol. The van der Waals surface area contributed by atoms with Gasteiger partial charge in [-0.2, -0.15) is 0 Å². The summed E-state index contributed by atoms with van der Waals surface area (Å²) in [5, 5.41) is 0. The molecule has 0 aliphatic carbocycles. The fourth-order valence-corrected chi connectivity index (χ4v) is 2.16. The van der Waals surface area contributed by atoms with Crippen molar-refractivity contribution in [2.45, 2.75) is 23.5 Å². The molecule has 3 heteroatoms. The van der Waals surface area contributed by atoms with Crippen LogP contribution in [0.4, 0.5) is 0 Å². The summed E-state index contributed by atoms with van der Waals surface area (Å²) in [6.07, 6.45) is 0. The lowest BCUT2D eigenvalue weighted by Gasteiger charge is -2.16. The van der Waals surface area contributed by atoms with Crippen molar-refractivity contribution in [2.75, 3.05) is 7.11 Å². The second kappa shape index (κ2) is 5.17. The van der Waals surface area contributed by atoms with E-state index in [0.717, 1.165) is 5.75 Å². The molecule has 2 atom stereocenters. The fraction of sp³-hybridized carbons (Fsp3) is 0.455. The largest absolute Gasteiger partial charge is 0.496 e. The first-order valence-corrected chi connectivity index (χ1v) is 6.36. The van der Waals surface area contributed by atoms with Gasteiger partial charge >= 0.3 is 0 Å². The second-order valence-electron chi connectivity index (χ2n) is 3.20. The SMILES string of the molecule is COc1c(C(C)Br)cccc1C(C)Br. The first-order valence-electron chi connectivity index (χ1n) is 4.52. The summed E-state index contributed by atoms with van der Waals surface area (Å²) in [4.78, 5) is 0.618. The zero-order valence-electron chi connectivity index (χ0n) is 8.55. The van der Waals surface area contributed by atoms with Crippen LogP contribution in [0.5, 0.6) is 5.75 Å². The lowest BCUT2D eigenvalue weighted by atomic mass is 10.0. The first-order chi connectivity index (χ1) is 6.57. The molecule has 1 nitrogen and oxygen atoms in total. The second-order valence-corrected chi connectivity index (χ2v) is 5.95. The molecule has 1 rings (SSSR count). The van der Waals surface area contributed by atoms with Crippen molar-refractivity contribution in [1.82, 2.24) is 0 Å². The maximum Gasteiger partial charge on any atom is 0.127 e. The molecule has 0 aliphatic rings. The Morgan fingerprint density at radius 2 is 1.50 bits per heavy atom. The zero-order valence-corrected chi connectivity index (χ0v) is 11.7. The highest BCUT2D eigenvalue weighted by molar-refractivity contribution is 9.09. The van der Waals surface area contributed by atoms with Crippen LogP contribution in [0.1, 0.15) is 34.6 Å². The van der Waals surface area contributed by atoms with Gasteiger partial charge in [0.25, 0.3) is 0 Å². The third-order valence-corrected chi connectivity index (χ3v) is 3.12. The van der Waals surface area contributed by atoms with Gasteiger partial charge in [0.2, 0.25) is 0 Å². The van der Waals surface area contributed by atoms with Crippen LogP contribution >= 0.6 is 31.9 Å². The van der Waals surface area contributed by atoms with Gasteiger partial charge in [-0.3, -0.25) is 0 Å². The molecule has 2 unspecified atom stereocenters. The molecule has 0 fully saturated rings. The summed E-state index contributed by atoms with van der Waals surface area (Å²) in [5.41, 5.74) is 2.38. The van der Waals surface area contributed by atoms with Gasteiger partial charge in [0.1, 0.15) is 5.75 Å². The minimum Gasteiger partial charge on any atom is -0.496 e. The fourth-order valence-electron chi connectivity index (χ4n) is 1.44. The molecule has 0 N–H and O–H groups in total. The Morgan fingerprint density at radius 3 is 1.79 bits per heavy atom. The van der Waals surface area contributed by atoms with E-state index in [1.807, 2.05) is 0 Å². The third-order valence-electron chi connectivity index (χ3n) is 2.14. The number of para-hydroxylation sites is 1. The average Bonchev–Trinajstić information content (AvgIpc) is 2.16. The van der Waals surface area contributed by atoms with Crippen LogP contribution in [0, 0.1) is 0 Å². The maximum absolute atomic E-state index is 5.44. The van der Waals surface area contributed by atoms with E-state index >= 15 is 0 Å². The Balaban J connectivity index is 3.25. The highest BCUT2D eigenvalue weighted by Gasteiger charge is 2.14. The Bertz CT molecular complexity index is 282. The van der Waals surface area contributed by atoms with Crippen molar-refractivity contribution in [3.63, 3.8) is 0 Å². The smallest absolute Gasteiger partial charge is 0.127 e. The van der Waals surface area contributed by atoms with Gasteiger partial charge in [-0.1, -0.05) is 50.1 Å². The van der Waals surface area contributed by atoms with Crippen LogP contribution in [0.15, 0.2) is 18.2 Å². The first kappa shape index (κ1) is 12.1. The molecule has 78 valence electrons. The quantitative estimate of drug-likeness (QED) is 0.739. The predicted octanol–water partition coefficient (Wildman–Crippen LogP) is 4.61. The average molecular weight is 322 g/mol. The Morgan fingerprint density at radius 1 is 1.07 bits per heavy atom. The topological polar surface area (TPSA) is 9.23 Å². The van der Waals surface area contributed by atoms with E-state index in [2.05, 4.69) is 63.9 Å². The van der Waals surface area contributed by atoms with Crippen molar-refractivity contribution in [2.24, 2.45) is 0 Å². The molecular weight excluding hydrogens is 308 g/mol. The van der Waals surface area contributed by atoms with Crippen LogP contribution in [-0.2, 0) is 0 Å². The molecule has 1 aromatic rings. The molecule has 0 radical (unpaired) electrons. The molecule has 0 amide bonds. The van der Waals surface area contributed by atoms with E-state index in [4.69, 9.17) is 4.74 Å². The summed E-state index contributed by atoms with van der Waals surface area (Å²) < 4.78 is 5.44. The van der Waals surface area contributed by atoms with E-state index in [9.17, 15) is 0 Å². The monoisotopic (exact) mass is 320 g/mol. The van der Waals surface area contributed by atoms with Gasteiger partial charge in [0.05, 0.1) is 7.11 Å². The molecule has 0 spiro atoms. The van der Waals surface area contributed by atoms with Gasteiger partial charge in [0.15, 0.2) is 0 Å². The Labute approximate surface area is 102 Å². The molecule has 14 heavy (non-hydrogen) atoms. The summed E-state index contributed by atoms with van der Waals surface area (Å²) in [6, 6.07) is 6.22. The standard InChI is InChI=1S/C11H14Br2O/c1-7(12)9-5-4-6-10(8(2)13)11(9)14-3/h4-8H,1-3H3. The van der Waals surface area contributed by atoms with Crippen LogP contribution in [0.25, 0.3) is 0 Å². The Hall–Kier alpha value is -0.0200. The number of halogens is 2. The molecule has 0 saturated carbocycles.